The molecule has 0 fully saturated rings. The summed E-state index contributed by atoms with van der Waals surface area (Å²) in [5.41, 5.74) is 0. The second-order valence-corrected chi connectivity index (χ2v) is 1.73. The van der Waals surface area contributed by atoms with E-state index in [-0.39, 0.29) is 12.7 Å². The van der Waals surface area contributed by atoms with Crippen LogP contribution in [0, 0.1) is 0 Å². The zero-order valence-corrected chi connectivity index (χ0v) is 5.01. The van der Waals surface area contributed by atoms with E-state index in [1.165, 1.54) is 0 Å². The maximum absolute atomic E-state index is 9.67. The zero-order chi connectivity index (χ0) is 6.57. The first kappa shape index (κ1) is 7.43. The Bertz CT molecular complexity index is 77.7. The molecule has 0 N–H and O–H groups in total. The number of carbonyl (C=O) groups excluding carboxylic acids is 1. The van der Waals surface area contributed by atoms with Gasteiger partial charge in [-0.15, -0.1) is 0 Å². The standard InChI is InChI=1S/C5H9O3/c1-4(2)8-3-5(6)7/h4H,3H2,1-2H3. The second kappa shape index (κ2) is 3.43. The molecule has 0 aromatic heterocycles. The molecule has 3 nitrogen and oxygen atoms in total. The van der Waals surface area contributed by atoms with E-state index >= 15 is 0 Å². The number of hydrogen-bond donors (Lipinski definition) is 0. The van der Waals surface area contributed by atoms with Crippen LogP contribution >= 0.6 is 0 Å². The van der Waals surface area contributed by atoms with Gasteiger partial charge in [0.1, 0.15) is 6.61 Å². The third-order valence-electron chi connectivity index (χ3n) is 0.535. The highest BCUT2D eigenvalue weighted by atomic mass is 16.5. The van der Waals surface area contributed by atoms with E-state index in [2.05, 4.69) is 4.74 Å². The smallest absolute Gasteiger partial charge is 0.367 e. The molecule has 0 rings (SSSR count). The zero-order valence-electron chi connectivity index (χ0n) is 5.01. The molecule has 0 atom stereocenters. The van der Waals surface area contributed by atoms with Crippen LogP contribution in [0.5, 0.6) is 0 Å². The van der Waals surface area contributed by atoms with Gasteiger partial charge in [0.2, 0.25) is 0 Å². The van der Waals surface area contributed by atoms with Crippen LogP contribution in [-0.4, -0.2) is 18.7 Å². The number of rotatable bonds is 3. The minimum atomic E-state index is -1.17. The van der Waals surface area contributed by atoms with Crippen molar-refractivity contribution in [2.45, 2.75) is 20.0 Å². The van der Waals surface area contributed by atoms with E-state index in [9.17, 15) is 9.90 Å². The first-order chi connectivity index (χ1) is 3.63. The number of ether oxygens (including phenoxy) is 1. The molecule has 0 amide bonds. The van der Waals surface area contributed by atoms with Crippen molar-refractivity contribution >= 4 is 5.97 Å². The van der Waals surface area contributed by atoms with Gasteiger partial charge >= 0.3 is 5.97 Å². The fraction of sp³-hybridized carbons (Fsp3) is 0.800. The minimum Gasteiger partial charge on any atom is -0.367 e. The van der Waals surface area contributed by atoms with Crippen LogP contribution in [0.15, 0.2) is 0 Å². The van der Waals surface area contributed by atoms with E-state index < -0.39 is 5.97 Å². The van der Waals surface area contributed by atoms with Crippen molar-refractivity contribution < 1.29 is 14.6 Å². The fourth-order valence-electron chi connectivity index (χ4n) is 0.235. The van der Waals surface area contributed by atoms with Gasteiger partial charge < -0.3 is 4.74 Å². The molecule has 0 aliphatic rings. The highest BCUT2D eigenvalue weighted by Gasteiger charge is 1.99. The third-order valence-corrected chi connectivity index (χ3v) is 0.535. The number of carbonyl (C=O) groups is 1. The van der Waals surface area contributed by atoms with Crippen LogP contribution in [0.4, 0.5) is 0 Å². The van der Waals surface area contributed by atoms with Gasteiger partial charge in [0.15, 0.2) is 0 Å². The largest absolute Gasteiger partial charge is 0.380 e. The van der Waals surface area contributed by atoms with Gasteiger partial charge in [-0.1, -0.05) is 0 Å². The lowest BCUT2D eigenvalue weighted by molar-refractivity contribution is -0.149. The van der Waals surface area contributed by atoms with Crippen LogP contribution in [0.3, 0.4) is 0 Å². The first-order valence-corrected chi connectivity index (χ1v) is 2.44. The van der Waals surface area contributed by atoms with E-state index in [1.54, 1.807) is 13.8 Å². The van der Waals surface area contributed by atoms with Gasteiger partial charge in [-0.2, -0.15) is 0 Å². The van der Waals surface area contributed by atoms with Gasteiger partial charge in [-0.3, -0.25) is 0 Å². The van der Waals surface area contributed by atoms with Crippen molar-refractivity contribution in [1.29, 1.82) is 0 Å². The summed E-state index contributed by atoms with van der Waals surface area (Å²) in [4.78, 5) is 9.67. The van der Waals surface area contributed by atoms with Crippen molar-refractivity contribution in [1.82, 2.24) is 0 Å². The van der Waals surface area contributed by atoms with Crippen LogP contribution in [0.1, 0.15) is 13.8 Å². The lowest BCUT2D eigenvalue weighted by Gasteiger charge is -2.00. The van der Waals surface area contributed by atoms with Crippen molar-refractivity contribution in [3.05, 3.63) is 0 Å². The van der Waals surface area contributed by atoms with E-state index in [4.69, 9.17) is 0 Å². The molecular weight excluding hydrogens is 108 g/mol. The Morgan fingerprint density at radius 3 is 2.25 bits per heavy atom. The summed E-state index contributed by atoms with van der Waals surface area (Å²) in [5.74, 6) is -1.17. The molecule has 0 aliphatic carbocycles. The molecule has 0 bridgehead atoms. The summed E-state index contributed by atoms with van der Waals surface area (Å²) in [6, 6.07) is 0. The molecule has 1 radical (unpaired) electrons. The third kappa shape index (κ3) is 5.43. The summed E-state index contributed by atoms with van der Waals surface area (Å²) in [5, 5.41) is 9.67. The Balaban J connectivity index is 3.05. The van der Waals surface area contributed by atoms with Gasteiger partial charge in [0.25, 0.3) is 0 Å². The van der Waals surface area contributed by atoms with Crippen molar-refractivity contribution in [3.63, 3.8) is 0 Å². The van der Waals surface area contributed by atoms with Crippen LogP contribution < -0.4 is 0 Å². The molecule has 47 valence electrons. The number of hydrogen-bond acceptors (Lipinski definition) is 2. The molecular formula is C5H9O3. The molecule has 0 unspecified atom stereocenters. The summed E-state index contributed by atoms with van der Waals surface area (Å²) in [7, 11) is 0. The van der Waals surface area contributed by atoms with E-state index in [0.29, 0.717) is 0 Å². The van der Waals surface area contributed by atoms with Gasteiger partial charge in [-0.25, -0.2) is 9.90 Å². The van der Waals surface area contributed by atoms with Crippen molar-refractivity contribution in [2.24, 2.45) is 0 Å². The molecule has 0 aliphatic heterocycles. The molecule has 0 saturated carbocycles. The Kier molecular flexibility index (Phi) is 3.19. The van der Waals surface area contributed by atoms with Gasteiger partial charge in [0.05, 0.1) is 6.10 Å². The molecule has 0 saturated heterocycles. The minimum absolute atomic E-state index is 0.0344. The average Bonchev–Trinajstić information content (AvgIpc) is 1.61. The molecule has 0 aromatic carbocycles. The molecule has 8 heavy (non-hydrogen) atoms. The summed E-state index contributed by atoms with van der Waals surface area (Å²) >= 11 is 0. The van der Waals surface area contributed by atoms with Gasteiger partial charge in [0, 0.05) is 0 Å². The lowest BCUT2D eigenvalue weighted by atomic mass is 10.5. The SMILES string of the molecule is CC(C)OCC([O])=O. The summed E-state index contributed by atoms with van der Waals surface area (Å²) < 4.78 is 4.64. The molecule has 0 heterocycles. The maximum Gasteiger partial charge on any atom is 0.380 e. The van der Waals surface area contributed by atoms with Crippen LogP contribution in [-0.2, 0) is 14.6 Å². The predicted octanol–water partition coefficient (Wildman–Crippen LogP) is 0.369. The topological polar surface area (TPSA) is 46.2 Å². The van der Waals surface area contributed by atoms with Gasteiger partial charge in [-0.05, 0) is 13.8 Å². The normalized spacial score (nSPS) is 9.88. The Morgan fingerprint density at radius 2 is 2.12 bits per heavy atom. The summed E-state index contributed by atoms with van der Waals surface area (Å²) in [6.45, 7) is 3.23. The second-order valence-electron chi connectivity index (χ2n) is 1.73. The monoisotopic (exact) mass is 117 g/mol. The summed E-state index contributed by atoms with van der Waals surface area (Å²) in [6.07, 6.45) is -0.0344. The highest BCUT2D eigenvalue weighted by Crippen LogP contribution is 1.85. The predicted molar refractivity (Wildman–Crippen MR) is 26.8 cm³/mol. The average molecular weight is 117 g/mol. The van der Waals surface area contributed by atoms with Crippen LogP contribution in [0.2, 0.25) is 0 Å². The molecule has 0 aromatic rings. The quantitative estimate of drug-likeness (QED) is 0.536. The lowest BCUT2D eigenvalue weighted by Crippen LogP contribution is -2.10. The van der Waals surface area contributed by atoms with E-state index in [1.807, 2.05) is 0 Å². The molecule has 0 spiro atoms. The maximum atomic E-state index is 9.67. The first-order valence-electron chi connectivity index (χ1n) is 2.44. The van der Waals surface area contributed by atoms with Crippen molar-refractivity contribution in [2.75, 3.05) is 6.61 Å². The van der Waals surface area contributed by atoms with Crippen molar-refractivity contribution in [3.8, 4) is 0 Å². The van der Waals surface area contributed by atoms with E-state index in [0.717, 1.165) is 0 Å². The Morgan fingerprint density at radius 1 is 1.62 bits per heavy atom. The fourth-order valence-corrected chi connectivity index (χ4v) is 0.235. The Hall–Kier alpha value is -0.570. The Labute approximate surface area is 48.3 Å². The highest BCUT2D eigenvalue weighted by molar-refractivity contribution is 5.67. The molecule has 3 heteroatoms. The van der Waals surface area contributed by atoms with Crippen LogP contribution in [0.25, 0.3) is 0 Å².